The molecule has 0 saturated carbocycles. The van der Waals surface area contributed by atoms with Crippen LogP contribution in [0.3, 0.4) is 0 Å². The van der Waals surface area contributed by atoms with Crippen LogP contribution in [0.1, 0.15) is 5.56 Å². The Balaban J connectivity index is 2.02. The molecule has 0 spiro atoms. The Hall–Kier alpha value is -2.67. The van der Waals surface area contributed by atoms with Crippen LogP contribution < -0.4 is 10.1 Å². The highest BCUT2D eigenvalue weighted by Gasteiger charge is 2.11. The molecule has 7 nitrogen and oxygen atoms in total. The molecule has 3 aromatic rings. The first-order chi connectivity index (χ1) is 9.80. The average molecular weight is 271 g/mol. The van der Waals surface area contributed by atoms with Crippen molar-refractivity contribution in [3.8, 4) is 11.6 Å². The minimum absolute atomic E-state index is 0.0395. The van der Waals surface area contributed by atoms with Gasteiger partial charge < -0.3 is 20.1 Å². The molecular weight excluding hydrogens is 258 g/mol. The molecule has 0 amide bonds. The van der Waals surface area contributed by atoms with E-state index in [4.69, 9.17) is 9.84 Å². The number of aliphatic hydroxyl groups excluding tert-OH is 1. The number of ether oxygens (including phenoxy) is 1. The number of nitrogens with one attached hydrogen (secondary N) is 2. The number of hydrogen-bond donors (Lipinski definition) is 3. The van der Waals surface area contributed by atoms with Crippen molar-refractivity contribution in [2.45, 2.75) is 6.61 Å². The van der Waals surface area contributed by atoms with Gasteiger partial charge in [0, 0.05) is 7.05 Å². The van der Waals surface area contributed by atoms with Crippen molar-refractivity contribution < 1.29 is 9.84 Å². The summed E-state index contributed by atoms with van der Waals surface area (Å²) in [7, 11) is 1.73. The Labute approximate surface area is 114 Å². The van der Waals surface area contributed by atoms with E-state index in [0.717, 1.165) is 5.56 Å². The van der Waals surface area contributed by atoms with Crippen LogP contribution in [-0.4, -0.2) is 32.1 Å². The first-order valence-corrected chi connectivity index (χ1v) is 6.06. The number of anilines is 1. The van der Waals surface area contributed by atoms with Gasteiger partial charge in [-0.25, -0.2) is 4.98 Å². The number of benzene rings is 1. The molecule has 2 heterocycles. The van der Waals surface area contributed by atoms with Crippen molar-refractivity contribution >= 4 is 17.1 Å². The van der Waals surface area contributed by atoms with Gasteiger partial charge in [0.1, 0.15) is 11.3 Å². The number of aliphatic hydroxyl groups is 1. The van der Waals surface area contributed by atoms with E-state index in [1.165, 1.54) is 6.33 Å². The summed E-state index contributed by atoms with van der Waals surface area (Å²) >= 11 is 0. The van der Waals surface area contributed by atoms with Crippen LogP contribution in [0.4, 0.5) is 5.95 Å². The molecule has 1 aromatic carbocycles. The van der Waals surface area contributed by atoms with E-state index in [1.807, 2.05) is 12.1 Å². The Morgan fingerprint density at radius 2 is 2.25 bits per heavy atom. The summed E-state index contributed by atoms with van der Waals surface area (Å²) in [6, 6.07) is 7.18. The summed E-state index contributed by atoms with van der Waals surface area (Å²) in [6.45, 7) is -0.0395. The molecule has 0 unspecified atom stereocenters. The highest BCUT2D eigenvalue weighted by molar-refractivity contribution is 5.77. The summed E-state index contributed by atoms with van der Waals surface area (Å²) < 4.78 is 5.76. The lowest BCUT2D eigenvalue weighted by Crippen LogP contribution is -1.99. The van der Waals surface area contributed by atoms with Crippen LogP contribution in [0.15, 0.2) is 30.6 Å². The normalized spacial score (nSPS) is 10.7. The van der Waals surface area contributed by atoms with Crippen LogP contribution in [0.5, 0.6) is 11.6 Å². The molecular formula is C13H13N5O2. The summed E-state index contributed by atoms with van der Waals surface area (Å²) in [5.74, 6) is 1.40. The summed E-state index contributed by atoms with van der Waals surface area (Å²) in [6.07, 6.45) is 1.54. The Bertz CT molecular complexity index is 740. The second kappa shape index (κ2) is 5.14. The number of aromatic nitrogens is 4. The van der Waals surface area contributed by atoms with Gasteiger partial charge in [-0.15, -0.1) is 0 Å². The standard InChI is InChI=1S/C13H13N5O2/c1-14-13-17-11-10(15-7-16-11)12(18-13)20-9-4-2-3-8(5-9)6-19/h2-5,7,19H,6H2,1H3,(H2,14,15,16,17,18). The van der Waals surface area contributed by atoms with Crippen LogP contribution in [0.2, 0.25) is 0 Å². The van der Waals surface area contributed by atoms with Crippen molar-refractivity contribution in [1.29, 1.82) is 0 Å². The van der Waals surface area contributed by atoms with E-state index < -0.39 is 0 Å². The fourth-order valence-corrected chi connectivity index (χ4v) is 1.81. The Kier molecular flexibility index (Phi) is 3.18. The third-order valence-corrected chi connectivity index (χ3v) is 2.77. The molecule has 2 aromatic heterocycles. The fraction of sp³-hybridized carbons (Fsp3) is 0.154. The number of nitrogens with zero attached hydrogens (tertiary/aromatic N) is 3. The second-order valence-corrected chi connectivity index (χ2v) is 4.11. The van der Waals surface area contributed by atoms with Gasteiger partial charge in [0.15, 0.2) is 5.65 Å². The van der Waals surface area contributed by atoms with E-state index in [2.05, 4.69) is 25.3 Å². The molecule has 0 aliphatic heterocycles. The van der Waals surface area contributed by atoms with E-state index in [0.29, 0.717) is 28.7 Å². The van der Waals surface area contributed by atoms with Gasteiger partial charge in [-0.1, -0.05) is 12.1 Å². The minimum Gasteiger partial charge on any atom is -0.437 e. The van der Waals surface area contributed by atoms with Gasteiger partial charge in [-0.05, 0) is 17.7 Å². The average Bonchev–Trinajstić information content (AvgIpc) is 2.96. The number of aromatic amines is 1. The van der Waals surface area contributed by atoms with Crippen molar-refractivity contribution in [2.75, 3.05) is 12.4 Å². The maximum absolute atomic E-state index is 9.14. The summed E-state index contributed by atoms with van der Waals surface area (Å²) in [5.41, 5.74) is 1.92. The molecule has 7 heteroatoms. The number of rotatable bonds is 4. The zero-order valence-corrected chi connectivity index (χ0v) is 10.8. The Morgan fingerprint density at radius 1 is 1.35 bits per heavy atom. The first-order valence-electron chi connectivity index (χ1n) is 6.06. The first kappa shape index (κ1) is 12.4. The molecule has 102 valence electrons. The minimum atomic E-state index is -0.0395. The van der Waals surface area contributed by atoms with E-state index in [1.54, 1.807) is 19.2 Å². The third kappa shape index (κ3) is 2.26. The smallest absolute Gasteiger partial charge is 0.250 e. The largest absolute Gasteiger partial charge is 0.437 e. The van der Waals surface area contributed by atoms with Gasteiger partial charge in [-0.3, -0.25) is 0 Å². The highest BCUT2D eigenvalue weighted by atomic mass is 16.5. The van der Waals surface area contributed by atoms with Gasteiger partial charge in [0.2, 0.25) is 5.95 Å². The van der Waals surface area contributed by atoms with Gasteiger partial charge in [0.05, 0.1) is 12.9 Å². The van der Waals surface area contributed by atoms with E-state index >= 15 is 0 Å². The van der Waals surface area contributed by atoms with Crippen LogP contribution in [-0.2, 0) is 6.61 Å². The predicted molar refractivity (Wildman–Crippen MR) is 73.7 cm³/mol. The SMILES string of the molecule is CNc1nc(Oc2cccc(CO)c2)c2[nH]cnc2n1. The highest BCUT2D eigenvalue weighted by Crippen LogP contribution is 2.26. The third-order valence-electron chi connectivity index (χ3n) is 2.77. The molecule has 3 N–H and O–H groups in total. The zero-order valence-electron chi connectivity index (χ0n) is 10.8. The number of hydrogen-bond acceptors (Lipinski definition) is 6. The number of H-pyrrole nitrogens is 1. The second-order valence-electron chi connectivity index (χ2n) is 4.11. The van der Waals surface area contributed by atoms with Crippen LogP contribution in [0, 0.1) is 0 Å². The van der Waals surface area contributed by atoms with Crippen molar-refractivity contribution in [3.05, 3.63) is 36.2 Å². The van der Waals surface area contributed by atoms with E-state index in [9.17, 15) is 0 Å². The number of imidazole rings is 1. The molecule has 0 bridgehead atoms. The lowest BCUT2D eigenvalue weighted by atomic mass is 10.2. The molecule has 20 heavy (non-hydrogen) atoms. The van der Waals surface area contributed by atoms with Crippen LogP contribution >= 0.6 is 0 Å². The van der Waals surface area contributed by atoms with Crippen molar-refractivity contribution in [3.63, 3.8) is 0 Å². The number of fused-ring (bicyclic) bond motifs is 1. The molecule has 0 atom stereocenters. The van der Waals surface area contributed by atoms with Gasteiger partial charge >= 0.3 is 0 Å². The molecule has 0 aliphatic carbocycles. The topological polar surface area (TPSA) is 96.0 Å². The fourth-order valence-electron chi connectivity index (χ4n) is 1.81. The molecule has 0 aliphatic rings. The molecule has 0 radical (unpaired) electrons. The lowest BCUT2D eigenvalue weighted by Gasteiger charge is -2.08. The quantitative estimate of drug-likeness (QED) is 0.668. The predicted octanol–water partition coefficient (Wildman–Crippen LogP) is 1.68. The molecule has 0 saturated heterocycles. The van der Waals surface area contributed by atoms with E-state index in [-0.39, 0.29) is 6.61 Å². The molecule has 3 rings (SSSR count). The monoisotopic (exact) mass is 271 g/mol. The Morgan fingerprint density at radius 3 is 3.05 bits per heavy atom. The maximum atomic E-state index is 9.14. The van der Waals surface area contributed by atoms with Crippen LogP contribution in [0.25, 0.3) is 11.2 Å². The lowest BCUT2D eigenvalue weighted by molar-refractivity contribution is 0.281. The summed E-state index contributed by atoms with van der Waals surface area (Å²) in [5, 5.41) is 12.0. The van der Waals surface area contributed by atoms with Gasteiger partial charge in [-0.2, -0.15) is 9.97 Å². The molecule has 0 fully saturated rings. The van der Waals surface area contributed by atoms with Crippen molar-refractivity contribution in [1.82, 2.24) is 19.9 Å². The van der Waals surface area contributed by atoms with Gasteiger partial charge in [0.25, 0.3) is 5.88 Å². The van der Waals surface area contributed by atoms with Crippen molar-refractivity contribution in [2.24, 2.45) is 0 Å². The zero-order chi connectivity index (χ0) is 13.9. The maximum Gasteiger partial charge on any atom is 0.250 e. The summed E-state index contributed by atoms with van der Waals surface area (Å²) in [4.78, 5) is 15.5.